The largest absolute Gasteiger partial charge is 0.306 e. The second-order valence-corrected chi connectivity index (χ2v) is 6.07. The molecule has 0 amide bonds. The van der Waals surface area contributed by atoms with Gasteiger partial charge < -0.3 is 9.80 Å². The summed E-state index contributed by atoms with van der Waals surface area (Å²) < 4.78 is 0. The van der Waals surface area contributed by atoms with Crippen LogP contribution in [-0.4, -0.2) is 50.1 Å². The molecule has 0 spiro atoms. The van der Waals surface area contributed by atoms with Crippen LogP contribution in [-0.2, 0) is 0 Å². The van der Waals surface area contributed by atoms with Gasteiger partial charge in [0.15, 0.2) is 0 Å². The van der Waals surface area contributed by atoms with Crippen molar-refractivity contribution in [1.29, 1.82) is 0 Å². The quantitative estimate of drug-likeness (QED) is 0.757. The predicted molar refractivity (Wildman–Crippen MR) is 85.1 cm³/mol. The van der Waals surface area contributed by atoms with Gasteiger partial charge in [-0.15, -0.1) is 0 Å². The summed E-state index contributed by atoms with van der Waals surface area (Å²) in [7, 11) is 8.54. The molecule has 0 bridgehead atoms. The topological polar surface area (TPSA) is 6.48 Å². The summed E-state index contributed by atoms with van der Waals surface area (Å²) in [6.45, 7) is 4.52. The van der Waals surface area contributed by atoms with E-state index in [1.165, 1.54) is 23.7 Å². The molecule has 0 unspecified atom stereocenters. The molecule has 2 saturated carbocycles. The van der Waals surface area contributed by atoms with E-state index in [0.29, 0.717) is 12.1 Å². The van der Waals surface area contributed by atoms with Crippen LogP contribution in [0.15, 0.2) is 0 Å². The molecule has 10 radical (unpaired) electrons. The van der Waals surface area contributed by atoms with Crippen molar-refractivity contribution in [3.63, 3.8) is 0 Å². The third-order valence-electron chi connectivity index (χ3n) is 4.44. The van der Waals surface area contributed by atoms with Gasteiger partial charge in [-0.25, -0.2) is 0 Å². The lowest BCUT2D eigenvalue weighted by Gasteiger charge is -2.37. The zero-order valence-electron chi connectivity index (χ0n) is 13.5. The summed E-state index contributed by atoms with van der Waals surface area (Å²) in [5.74, 6) is 5.57. The van der Waals surface area contributed by atoms with E-state index in [1.54, 1.807) is 0 Å². The Morgan fingerprint density at radius 3 is 1.30 bits per heavy atom. The molecular weight excluding hydrogens is 244 g/mol. The number of nitrogens with zero attached hydrogens (tertiary/aromatic N) is 2. The lowest BCUT2D eigenvalue weighted by atomic mass is 9.73. The third kappa shape index (κ3) is 3.22. The molecule has 2 rings (SSSR count). The minimum absolute atomic E-state index is 0.428. The van der Waals surface area contributed by atoms with Crippen LogP contribution in [0.2, 0.25) is 0 Å². The Morgan fingerprint density at radius 2 is 1.00 bits per heavy atom. The van der Waals surface area contributed by atoms with Gasteiger partial charge in [-0.3, -0.25) is 0 Å². The van der Waals surface area contributed by atoms with Crippen LogP contribution >= 0.6 is 0 Å². The fraction of sp³-hybridized carbons (Fsp3) is 0.444. The Kier molecular flexibility index (Phi) is 5.53. The van der Waals surface area contributed by atoms with Crippen LogP contribution in [0.1, 0.15) is 13.8 Å². The van der Waals surface area contributed by atoms with Crippen molar-refractivity contribution in [2.24, 2.45) is 0 Å². The second-order valence-electron chi connectivity index (χ2n) is 6.07. The first-order chi connectivity index (χ1) is 9.43. The lowest BCUT2D eigenvalue weighted by Crippen LogP contribution is -2.38. The van der Waals surface area contributed by atoms with Crippen molar-refractivity contribution in [2.45, 2.75) is 25.9 Å². The molecular formula is C18H26N2. The van der Waals surface area contributed by atoms with E-state index in [9.17, 15) is 0 Å². The van der Waals surface area contributed by atoms with E-state index in [2.05, 4.69) is 90.4 Å². The van der Waals surface area contributed by atoms with E-state index in [1.807, 2.05) is 0 Å². The first-order valence-corrected chi connectivity index (χ1v) is 7.28. The fourth-order valence-electron chi connectivity index (χ4n) is 2.64. The van der Waals surface area contributed by atoms with Crippen molar-refractivity contribution in [1.82, 2.24) is 9.80 Å². The van der Waals surface area contributed by atoms with Crippen LogP contribution in [0.25, 0.3) is 0 Å². The maximum absolute atomic E-state index is 2.26. The van der Waals surface area contributed by atoms with E-state index >= 15 is 0 Å². The molecule has 2 aliphatic carbocycles. The van der Waals surface area contributed by atoms with Crippen LogP contribution in [0.5, 0.6) is 0 Å². The van der Waals surface area contributed by atoms with Crippen LogP contribution < -0.4 is 0 Å². The highest BCUT2D eigenvalue weighted by Crippen LogP contribution is 2.52. The van der Waals surface area contributed by atoms with Gasteiger partial charge in [0.25, 0.3) is 0 Å². The van der Waals surface area contributed by atoms with Gasteiger partial charge in [0.2, 0.25) is 0 Å². The Hall–Kier alpha value is -0.0800. The van der Waals surface area contributed by atoms with Gasteiger partial charge in [-0.1, -0.05) is 0 Å². The van der Waals surface area contributed by atoms with Gasteiger partial charge in [-0.2, -0.15) is 0 Å². The summed E-state index contributed by atoms with van der Waals surface area (Å²) >= 11 is 0. The molecule has 108 valence electrons. The molecule has 0 N–H and O–H groups in total. The van der Waals surface area contributed by atoms with Gasteiger partial charge in [0, 0.05) is 23.9 Å². The summed E-state index contributed by atoms with van der Waals surface area (Å²) in [5.41, 5.74) is 0. The van der Waals surface area contributed by atoms with Gasteiger partial charge in [0.05, 0.1) is 0 Å². The number of rotatable bonds is 5. The standard InChI is InChI=1S/C18H26N2/c1-13(19(3)4)15-9-7-11-17(15)18-12-8-10-16(18)14(2)20(5)6/h7-14H,1-6H3/t13-,14-/m1/s1. The zero-order valence-corrected chi connectivity index (χ0v) is 13.5. The maximum Gasteiger partial charge on any atom is 0.0132 e. The average Bonchev–Trinajstić information content (AvgIpc) is 3.04. The molecule has 0 aliphatic heterocycles. The van der Waals surface area contributed by atoms with Gasteiger partial charge in [0.1, 0.15) is 0 Å². The van der Waals surface area contributed by atoms with E-state index in [0.717, 1.165) is 0 Å². The SMILES string of the molecule is C[C@H]([C]1[CH][CH][CH][C]1[C]1[CH][CH][CH][C]1[C@@H](C)N(C)C)N(C)C. The van der Waals surface area contributed by atoms with Gasteiger partial charge in [-0.05, 0) is 92.4 Å². The van der Waals surface area contributed by atoms with Crippen LogP contribution in [0, 0.1) is 62.2 Å². The van der Waals surface area contributed by atoms with Crippen molar-refractivity contribution in [3.05, 3.63) is 62.2 Å². The minimum Gasteiger partial charge on any atom is -0.306 e. The average molecular weight is 270 g/mol. The summed E-state index contributed by atoms with van der Waals surface area (Å²) in [4.78, 5) is 4.52. The Bertz CT molecular complexity index is 270. The first kappa shape index (κ1) is 16.3. The normalized spacial score (nSPS) is 27.0. The molecule has 2 heteroatoms. The number of hydrogen-bond donors (Lipinski definition) is 0. The molecule has 2 aliphatic rings. The van der Waals surface area contributed by atoms with Crippen LogP contribution in [0.3, 0.4) is 0 Å². The predicted octanol–water partition coefficient (Wildman–Crippen LogP) is 2.44. The molecule has 2 nitrogen and oxygen atoms in total. The Morgan fingerprint density at radius 1 is 0.650 bits per heavy atom. The highest BCUT2D eigenvalue weighted by atomic mass is 15.1. The minimum atomic E-state index is 0.428. The smallest absolute Gasteiger partial charge is 0.0132 e. The first-order valence-electron chi connectivity index (χ1n) is 7.28. The summed E-state index contributed by atoms with van der Waals surface area (Å²) in [6, 6.07) is 0.856. The van der Waals surface area contributed by atoms with Crippen molar-refractivity contribution >= 4 is 0 Å². The third-order valence-corrected chi connectivity index (χ3v) is 4.44. The summed E-state index contributed by atoms with van der Waals surface area (Å²) in [5, 5.41) is 0. The Labute approximate surface area is 126 Å². The molecule has 0 saturated heterocycles. The van der Waals surface area contributed by atoms with E-state index in [4.69, 9.17) is 0 Å². The highest BCUT2D eigenvalue weighted by Gasteiger charge is 2.46. The van der Waals surface area contributed by atoms with Gasteiger partial charge >= 0.3 is 0 Å². The molecule has 0 heterocycles. The number of hydrogen-bond acceptors (Lipinski definition) is 2. The molecule has 2 atom stereocenters. The lowest BCUT2D eigenvalue weighted by molar-refractivity contribution is 0.322. The molecule has 0 aromatic carbocycles. The van der Waals surface area contributed by atoms with Crippen molar-refractivity contribution in [2.75, 3.05) is 28.2 Å². The highest BCUT2D eigenvalue weighted by molar-refractivity contribution is 5.65. The van der Waals surface area contributed by atoms with Crippen molar-refractivity contribution in [3.8, 4) is 0 Å². The summed E-state index contributed by atoms with van der Waals surface area (Å²) in [6.07, 6.45) is 13.3. The molecule has 0 aromatic rings. The van der Waals surface area contributed by atoms with E-state index in [-0.39, 0.29) is 0 Å². The molecule has 2 fully saturated rings. The monoisotopic (exact) mass is 270 g/mol. The van der Waals surface area contributed by atoms with E-state index < -0.39 is 0 Å². The second kappa shape index (κ2) is 6.79. The Balaban J connectivity index is 2.08. The molecule has 20 heavy (non-hydrogen) atoms. The maximum atomic E-state index is 2.26. The molecule has 0 aromatic heterocycles. The van der Waals surface area contributed by atoms with Crippen LogP contribution in [0.4, 0.5) is 0 Å². The van der Waals surface area contributed by atoms with Crippen molar-refractivity contribution < 1.29 is 0 Å². The fourth-order valence-corrected chi connectivity index (χ4v) is 2.64. The zero-order chi connectivity index (χ0) is 14.9.